The van der Waals surface area contributed by atoms with Gasteiger partial charge in [0.1, 0.15) is 5.75 Å². The van der Waals surface area contributed by atoms with E-state index >= 15 is 0 Å². The lowest BCUT2D eigenvalue weighted by Crippen LogP contribution is -2.28. The van der Waals surface area contributed by atoms with Gasteiger partial charge in [-0.2, -0.15) is 0 Å². The van der Waals surface area contributed by atoms with E-state index in [-0.39, 0.29) is 11.8 Å². The van der Waals surface area contributed by atoms with Crippen molar-refractivity contribution in [2.75, 3.05) is 23.9 Å². The Hall–Kier alpha value is -3.05. The number of amides is 2. The van der Waals surface area contributed by atoms with Gasteiger partial charge in [-0.3, -0.25) is 9.59 Å². The number of carbonyl (C=O) groups is 2. The van der Waals surface area contributed by atoms with Crippen LogP contribution in [0.2, 0.25) is 5.02 Å². The van der Waals surface area contributed by atoms with Gasteiger partial charge in [0, 0.05) is 29.6 Å². The molecule has 6 heteroatoms. The van der Waals surface area contributed by atoms with Gasteiger partial charge in [-0.1, -0.05) is 35.9 Å². The number of hydrogen-bond acceptors (Lipinski definition) is 3. The van der Waals surface area contributed by atoms with Crippen molar-refractivity contribution in [2.45, 2.75) is 12.8 Å². The minimum absolute atomic E-state index is 0.00542. The van der Waals surface area contributed by atoms with E-state index in [1.54, 1.807) is 23.1 Å². The standard InChI is InChI=1S/C22H19ClN2O3/c1-28-19-11-10-15(13-17(19)23)24-20(26)9-4-12-25-18-8-3-6-14-5-2-7-16(21(14)18)22(25)27/h2-3,5-8,10-11,13H,4,9,12H2,1H3,(H,24,26). The molecule has 3 aromatic rings. The highest BCUT2D eigenvalue weighted by atomic mass is 35.5. The summed E-state index contributed by atoms with van der Waals surface area (Å²) in [5.41, 5.74) is 2.26. The van der Waals surface area contributed by atoms with E-state index < -0.39 is 0 Å². The molecule has 0 aliphatic carbocycles. The summed E-state index contributed by atoms with van der Waals surface area (Å²) in [6, 6.07) is 16.8. The SMILES string of the molecule is COc1ccc(NC(=O)CCCN2C(=O)c3cccc4cccc2c34)cc1Cl. The van der Waals surface area contributed by atoms with Gasteiger partial charge in [-0.05, 0) is 42.1 Å². The zero-order valence-corrected chi connectivity index (χ0v) is 16.1. The average Bonchev–Trinajstić information content (AvgIpc) is 2.96. The highest BCUT2D eigenvalue weighted by Gasteiger charge is 2.28. The number of nitrogens with zero attached hydrogens (tertiary/aromatic N) is 1. The second-order valence-corrected chi connectivity index (χ2v) is 7.05. The van der Waals surface area contributed by atoms with Gasteiger partial charge in [-0.25, -0.2) is 0 Å². The summed E-state index contributed by atoms with van der Waals surface area (Å²) in [4.78, 5) is 26.8. The third-order valence-corrected chi connectivity index (χ3v) is 5.17. The van der Waals surface area contributed by atoms with Crippen LogP contribution in [0.1, 0.15) is 23.2 Å². The molecule has 2 amide bonds. The summed E-state index contributed by atoms with van der Waals surface area (Å²) in [6.45, 7) is 0.489. The van der Waals surface area contributed by atoms with E-state index in [9.17, 15) is 9.59 Å². The number of anilines is 2. The number of rotatable bonds is 6. The molecule has 0 spiro atoms. The lowest BCUT2D eigenvalue weighted by atomic mass is 10.1. The van der Waals surface area contributed by atoms with Crippen LogP contribution in [0, 0.1) is 0 Å². The van der Waals surface area contributed by atoms with Crippen molar-refractivity contribution in [3.8, 4) is 5.75 Å². The molecular formula is C22H19ClN2O3. The lowest BCUT2D eigenvalue weighted by molar-refractivity contribution is -0.116. The number of hydrogen-bond donors (Lipinski definition) is 1. The maximum absolute atomic E-state index is 12.7. The van der Waals surface area contributed by atoms with Gasteiger partial charge < -0.3 is 15.0 Å². The minimum atomic E-state index is -0.122. The predicted octanol–water partition coefficient (Wildman–Crippen LogP) is 4.88. The number of methoxy groups -OCH3 is 1. The first-order valence-electron chi connectivity index (χ1n) is 9.05. The van der Waals surface area contributed by atoms with E-state index in [1.165, 1.54) is 7.11 Å². The molecule has 0 radical (unpaired) electrons. The summed E-state index contributed by atoms with van der Waals surface area (Å²) < 4.78 is 5.11. The lowest BCUT2D eigenvalue weighted by Gasteiger charge is -2.17. The van der Waals surface area contributed by atoms with Gasteiger partial charge in [-0.15, -0.1) is 0 Å². The molecule has 0 unspecified atom stereocenters. The van der Waals surface area contributed by atoms with Gasteiger partial charge in [0.15, 0.2) is 0 Å². The zero-order chi connectivity index (χ0) is 19.7. The van der Waals surface area contributed by atoms with Gasteiger partial charge in [0.05, 0.1) is 17.8 Å². The molecule has 1 heterocycles. The molecule has 0 aromatic heterocycles. The molecule has 5 nitrogen and oxygen atoms in total. The van der Waals surface area contributed by atoms with E-state index in [0.717, 1.165) is 22.0 Å². The molecule has 0 saturated heterocycles. The van der Waals surface area contributed by atoms with Crippen molar-refractivity contribution in [3.05, 3.63) is 65.2 Å². The van der Waals surface area contributed by atoms with Crippen molar-refractivity contribution in [3.63, 3.8) is 0 Å². The third-order valence-electron chi connectivity index (χ3n) is 4.87. The van der Waals surface area contributed by atoms with Crippen molar-refractivity contribution in [2.24, 2.45) is 0 Å². The zero-order valence-electron chi connectivity index (χ0n) is 15.4. The van der Waals surface area contributed by atoms with Gasteiger partial charge in [0.25, 0.3) is 5.91 Å². The number of halogens is 1. The molecule has 0 fully saturated rings. The largest absolute Gasteiger partial charge is 0.495 e. The Morgan fingerprint density at radius 3 is 2.68 bits per heavy atom. The summed E-state index contributed by atoms with van der Waals surface area (Å²) in [6.07, 6.45) is 0.867. The van der Waals surface area contributed by atoms with Crippen LogP contribution in [-0.4, -0.2) is 25.5 Å². The first kappa shape index (κ1) is 18.3. The molecule has 3 aromatic carbocycles. The molecule has 0 atom stereocenters. The Bertz CT molecular complexity index is 1080. The number of carbonyl (C=O) groups excluding carboxylic acids is 2. The second-order valence-electron chi connectivity index (χ2n) is 6.64. The Morgan fingerprint density at radius 1 is 1.14 bits per heavy atom. The van der Waals surface area contributed by atoms with Crippen molar-refractivity contribution in [1.29, 1.82) is 0 Å². The molecule has 1 N–H and O–H groups in total. The Labute approximate surface area is 167 Å². The van der Waals surface area contributed by atoms with Crippen molar-refractivity contribution < 1.29 is 14.3 Å². The number of ether oxygens (including phenoxy) is 1. The van der Waals surface area contributed by atoms with E-state index in [4.69, 9.17) is 16.3 Å². The van der Waals surface area contributed by atoms with Crippen LogP contribution in [0.3, 0.4) is 0 Å². The Morgan fingerprint density at radius 2 is 1.93 bits per heavy atom. The molecule has 1 aliphatic rings. The third kappa shape index (κ3) is 3.29. The molecule has 0 bridgehead atoms. The number of nitrogens with one attached hydrogen (secondary N) is 1. The minimum Gasteiger partial charge on any atom is -0.495 e. The van der Waals surface area contributed by atoms with Crippen LogP contribution in [0.15, 0.2) is 54.6 Å². The molecule has 142 valence electrons. The Kier molecular flexibility index (Phi) is 4.92. The fourth-order valence-electron chi connectivity index (χ4n) is 3.57. The Balaban J connectivity index is 1.38. The molecule has 1 aliphatic heterocycles. The summed E-state index contributed by atoms with van der Waals surface area (Å²) in [5, 5.41) is 5.31. The van der Waals surface area contributed by atoms with E-state index in [0.29, 0.717) is 35.8 Å². The van der Waals surface area contributed by atoms with Crippen LogP contribution >= 0.6 is 11.6 Å². The van der Waals surface area contributed by atoms with Crippen LogP contribution in [0.5, 0.6) is 5.75 Å². The van der Waals surface area contributed by atoms with Crippen LogP contribution in [0.4, 0.5) is 11.4 Å². The second kappa shape index (κ2) is 7.52. The molecule has 0 saturated carbocycles. The van der Waals surface area contributed by atoms with Gasteiger partial charge >= 0.3 is 0 Å². The topological polar surface area (TPSA) is 58.6 Å². The monoisotopic (exact) mass is 394 g/mol. The quantitative estimate of drug-likeness (QED) is 0.648. The molecular weight excluding hydrogens is 376 g/mol. The van der Waals surface area contributed by atoms with Crippen LogP contribution < -0.4 is 15.0 Å². The summed E-state index contributed by atoms with van der Waals surface area (Å²) in [5.74, 6) is 0.429. The maximum atomic E-state index is 12.7. The fraction of sp³-hybridized carbons (Fsp3) is 0.182. The fourth-order valence-corrected chi connectivity index (χ4v) is 3.82. The first-order valence-corrected chi connectivity index (χ1v) is 9.43. The summed E-state index contributed by atoms with van der Waals surface area (Å²) in [7, 11) is 1.54. The molecule has 4 rings (SSSR count). The van der Waals surface area contributed by atoms with Crippen molar-refractivity contribution >= 4 is 45.6 Å². The number of benzene rings is 3. The van der Waals surface area contributed by atoms with Gasteiger partial charge in [0.2, 0.25) is 5.91 Å². The maximum Gasteiger partial charge on any atom is 0.258 e. The van der Waals surface area contributed by atoms with Crippen LogP contribution in [0.25, 0.3) is 10.8 Å². The average molecular weight is 395 g/mol. The highest BCUT2D eigenvalue weighted by molar-refractivity contribution is 6.32. The first-order chi connectivity index (χ1) is 13.6. The normalized spacial score (nSPS) is 12.5. The smallest absolute Gasteiger partial charge is 0.258 e. The predicted molar refractivity (Wildman–Crippen MR) is 111 cm³/mol. The van der Waals surface area contributed by atoms with E-state index in [1.807, 2.05) is 36.4 Å². The van der Waals surface area contributed by atoms with Crippen LogP contribution in [-0.2, 0) is 4.79 Å². The highest BCUT2D eigenvalue weighted by Crippen LogP contribution is 2.37. The van der Waals surface area contributed by atoms with E-state index in [2.05, 4.69) is 5.32 Å². The van der Waals surface area contributed by atoms with Crippen molar-refractivity contribution in [1.82, 2.24) is 0 Å². The molecule has 28 heavy (non-hydrogen) atoms. The summed E-state index contributed by atoms with van der Waals surface area (Å²) >= 11 is 6.08.